The Balaban J connectivity index is 0.00000109. The monoisotopic (exact) mass is 353 g/mol. The summed E-state index contributed by atoms with van der Waals surface area (Å²) >= 11 is 0. The van der Waals surface area contributed by atoms with Gasteiger partial charge in [-0.25, -0.2) is 0 Å². The molecule has 0 aromatic heterocycles. The van der Waals surface area contributed by atoms with E-state index in [0.29, 0.717) is 5.41 Å². The van der Waals surface area contributed by atoms with Crippen LogP contribution >= 0.6 is 0 Å². The van der Waals surface area contributed by atoms with Crippen molar-refractivity contribution in [2.45, 2.75) is 59.3 Å². The van der Waals surface area contributed by atoms with Crippen LogP contribution in [0.3, 0.4) is 0 Å². The van der Waals surface area contributed by atoms with E-state index in [-0.39, 0.29) is 0 Å². The fourth-order valence-corrected chi connectivity index (χ4v) is 4.73. The van der Waals surface area contributed by atoms with Crippen LogP contribution in [0.1, 0.15) is 59.3 Å². The highest BCUT2D eigenvalue weighted by atomic mass is 16.5. The number of piperidine rings is 3. The lowest BCUT2D eigenvalue weighted by Crippen LogP contribution is -2.48. The van der Waals surface area contributed by atoms with Gasteiger partial charge in [-0.05, 0) is 96.1 Å². The van der Waals surface area contributed by atoms with Crippen LogP contribution in [0.15, 0.2) is 0 Å². The summed E-state index contributed by atoms with van der Waals surface area (Å²) in [5.41, 5.74) is 0.673. The van der Waals surface area contributed by atoms with Gasteiger partial charge in [0.1, 0.15) is 0 Å². The molecule has 0 aromatic carbocycles. The molecule has 1 spiro atoms. The van der Waals surface area contributed by atoms with Gasteiger partial charge in [0, 0.05) is 19.7 Å². The Morgan fingerprint density at radius 1 is 0.920 bits per heavy atom. The third kappa shape index (κ3) is 6.82. The van der Waals surface area contributed by atoms with E-state index in [1.54, 1.807) is 0 Å². The summed E-state index contributed by atoms with van der Waals surface area (Å²) in [6, 6.07) is 0. The van der Waals surface area contributed by atoms with Crippen LogP contribution in [0.5, 0.6) is 0 Å². The molecule has 3 aliphatic rings. The normalized spacial score (nSPS) is 25.6. The number of ether oxygens (including phenoxy) is 1. The highest BCUT2D eigenvalue weighted by Crippen LogP contribution is 2.41. The van der Waals surface area contributed by atoms with Crippen LogP contribution in [0.25, 0.3) is 0 Å². The predicted octanol–water partition coefficient (Wildman–Crippen LogP) is 3.23. The molecule has 0 aliphatic carbocycles. The topological polar surface area (TPSA) is 27.7 Å². The molecule has 4 heteroatoms. The van der Waals surface area contributed by atoms with Crippen molar-refractivity contribution in [2.75, 3.05) is 65.6 Å². The summed E-state index contributed by atoms with van der Waals surface area (Å²) in [6.45, 7) is 18.1. The van der Waals surface area contributed by atoms with Crippen LogP contribution in [-0.2, 0) is 4.74 Å². The van der Waals surface area contributed by atoms with E-state index in [1.807, 2.05) is 13.8 Å². The van der Waals surface area contributed by atoms with Crippen molar-refractivity contribution >= 4 is 0 Å². The van der Waals surface area contributed by atoms with Crippen LogP contribution < -0.4 is 5.32 Å². The van der Waals surface area contributed by atoms with Crippen molar-refractivity contribution in [2.24, 2.45) is 11.3 Å². The Kier molecular flexibility index (Phi) is 9.75. The largest absolute Gasteiger partial charge is 0.380 e. The molecule has 0 radical (unpaired) electrons. The smallest absolute Gasteiger partial charge is 0.0593 e. The lowest BCUT2D eigenvalue weighted by molar-refractivity contribution is 0.0187. The minimum absolute atomic E-state index is 0.673. The van der Waals surface area contributed by atoms with Gasteiger partial charge in [-0.3, -0.25) is 0 Å². The minimum atomic E-state index is 0.673. The van der Waals surface area contributed by atoms with Crippen molar-refractivity contribution < 1.29 is 4.74 Å². The molecule has 0 atom stereocenters. The van der Waals surface area contributed by atoms with E-state index < -0.39 is 0 Å². The Labute approximate surface area is 156 Å². The molecular formula is C21H43N3O. The number of rotatable bonds is 6. The Hall–Kier alpha value is -0.160. The highest BCUT2D eigenvalue weighted by molar-refractivity contribution is 4.91. The maximum Gasteiger partial charge on any atom is 0.0593 e. The van der Waals surface area contributed by atoms with Crippen LogP contribution in [0, 0.1) is 11.3 Å². The lowest BCUT2D eigenvalue weighted by Gasteiger charge is -2.47. The zero-order chi connectivity index (χ0) is 18.0. The standard InChI is InChI=1S/C19H37N3O.C2H6/c1-2-23-16-15-21-11-5-19(6-12-21)7-13-22(14-8-19)17-18-3-9-20-10-4-18;1-2/h18,20H,2-17H2,1H3;1-2H3. The fraction of sp³-hybridized carbons (Fsp3) is 1.00. The van der Waals surface area contributed by atoms with E-state index in [1.165, 1.54) is 84.3 Å². The zero-order valence-electron chi connectivity index (χ0n) is 17.2. The lowest BCUT2D eigenvalue weighted by atomic mass is 9.71. The molecule has 3 aliphatic heterocycles. The van der Waals surface area contributed by atoms with Crippen LogP contribution in [0.2, 0.25) is 0 Å². The summed E-state index contributed by atoms with van der Waals surface area (Å²) in [7, 11) is 0. The number of hydrogen-bond donors (Lipinski definition) is 1. The molecule has 0 bridgehead atoms. The second-order valence-electron chi connectivity index (χ2n) is 8.03. The first-order valence-corrected chi connectivity index (χ1v) is 11.0. The summed E-state index contributed by atoms with van der Waals surface area (Å²) in [4.78, 5) is 5.38. The van der Waals surface area contributed by atoms with Gasteiger partial charge in [-0.2, -0.15) is 0 Å². The maximum atomic E-state index is 5.51. The second kappa shape index (κ2) is 11.5. The van der Waals surface area contributed by atoms with Crippen molar-refractivity contribution in [1.29, 1.82) is 0 Å². The summed E-state index contributed by atoms with van der Waals surface area (Å²) in [5, 5.41) is 3.49. The molecule has 3 saturated heterocycles. The molecule has 4 nitrogen and oxygen atoms in total. The van der Waals surface area contributed by atoms with E-state index in [4.69, 9.17) is 4.74 Å². The molecule has 148 valence electrons. The predicted molar refractivity (Wildman–Crippen MR) is 107 cm³/mol. The van der Waals surface area contributed by atoms with Crippen molar-refractivity contribution in [3.05, 3.63) is 0 Å². The maximum absolute atomic E-state index is 5.51. The van der Waals surface area contributed by atoms with Gasteiger partial charge in [-0.1, -0.05) is 13.8 Å². The Morgan fingerprint density at radius 3 is 2.04 bits per heavy atom. The molecule has 1 N–H and O–H groups in total. The fourth-order valence-electron chi connectivity index (χ4n) is 4.73. The van der Waals surface area contributed by atoms with Gasteiger partial charge in [0.2, 0.25) is 0 Å². The first-order valence-electron chi connectivity index (χ1n) is 11.0. The van der Waals surface area contributed by atoms with E-state index >= 15 is 0 Å². The van der Waals surface area contributed by atoms with Gasteiger partial charge in [0.05, 0.1) is 6.61 Å². The average molecular weight is 354 g/mol. The van der Waals surface area contributed by atoms with E-state index in [0.717, 1.165) is 25.7 Å². The van der Waals surface area contributed by atoms with Crippen molar-refractivity contribution in [3.8, 4) is 0 Å². The van der Waals surface area contributed by atoms with Crippen LogP contribution in [-0.4, -0.2) is 75.4 Å². The number of likely N-dealkylation sites (tertiary alicyclic amines) is 2. The SMILES string of the molecule is CC.CCOCCN1CCC2(CC1)CCN(CC1CCNCC1)CC2. The Morgan fingerprint density at radius 2 is 1.48 bits per heavy atom. The zero-order valence-corrected chi connectivity index (χ0v) is 17.2. The van der Waals surface area contributed by atoms with Gasteiger partial charge in [0.15, 0.2) is 0 Å². The second-order valence-corrected chi connectivity index (χ2v) is 8.03. The molecule has 0 amide bonds. The molecule has 3 fully saturated rings. The van der Waals surface area contributed by atoms with Gasteiger partial charge in [-0.15, -0.1) is 0 Å². The number of nitrogens with one attached hydrogen (secondary N) is 1. The van der Waals surface area contributed by atoms with E-state index in [2.05, 4.69) is 22.0 Å². The summed E-state index contributed by atoms with van der Waals surface area (Å²) in [6.07, 6.45) is 8.49. The minimum Gasteiger partial charge on any atom is -0.380 e. The Bertz CT molecular complexity index is 326. The van der Waals surface area contributed by atoms with Gasteiger partial charge >= 0.3 is 0 Å². The number of nitrogens with zero attached hydrogens (tertiary/aromatic N) is 2. The van der Waals surface area contributed by atoms with E-state index in [9.17, 15) is 0 Å². The number of hydrogen-bond acceptors (Lipinski definition) is 4. The quantitative estimate of drug-likeness (QED) is 0.742. The molecule has 25 heavy (non-hydrogen) atoms. The van der Waals surface area contributed by atoms with Crippen LogP contribution in [0.4, 0.5) is 0 Å². The third-order valence-electron chi connectivity index (χ3n) is 6.56. The van der Waals surface area contributed by atoms with Crippen molar-refractivity contribution in [1.82, 2.24) is 15.1 Å². The highest BCUT2D eigenvalue weighted by Gasteiger charge is 2.37. The first-order chi connectivity index (χ1) is 12.3. The molecular weight excluding hydrogens is 310 g/mol. The van der Waals surface area contributed by atoms with Gasteiger partial charge < -0.3 is 19.9 Å². The molecule has 0 saturated carbocycles. The molecule has 0 aromatic rings. The first kappa shape index (κ1) is 21.1. The van der Waals surface area contributed by atoms with Crippen molar-refractivity contribution in [3.63, 3.8) is 0 Å². The summed E-state index contributed by atoms with van der Waals surface area (Å²) in [5.74, 6) is 0.950. The van der Waals surface area contributed by atoms with Gasteiger partial charge in [0.25, 0.3) is 0 Å². The molecule has 3 heterocycles. The molecule has 0 unspecified atom stereocenters. The summed E-state index contributed by atoms with van der Waals surface area (Å²) < 4.78 is 5.51. The molecule has 3 rings (SSSR count). The third-order valence-corrected chi connectivity index (χ3v) is 6.56. The average Bonchev–Trinajstić information content (AvgIpc) is 2.68.